The molecule has 1 heterocycles. The highest BCUT2D eigenvalue weighted by molar-refractivity contribution is 5.94. The Morgan fingerprint density at radius 2 is 1.91 bits per heavy atom. The molecule has 0 N–H and O–H groups in total. The summed E-state index contributed by atoms with van der Waals surface area (Å²) in [4.78, 5) is 16.1. The van der Waals surface area contributed by atoms with E-state index in [1.165, 1.54) is 12.1 Å². The molecule has 5 nitrogen and oxygen atoms in total. The summed E-state index contributed by atoms with van der Waals surface area (Å²) in [6.07, 6.45) is 0.950. The van der Waals surface area contributed by atoms with Crippen LogP contribution in [0.2, 0.25) is 0 Å². The Kier molecular flexibility index (Phi) is 6.08. The van der Waals surface area contributed by atoms with Gasteiger partial charge in [0.05, 0.1) is 23.6 Å². The van der Waals surface area contributed by atoms with Crippen LogP contribution < -0.4 is 0 Å². The smallest absolute Gasteiger partial charge is 0.256 e. The van der Waals surface area contributed by atoms with Gasteiger partial charge in [0.2, 0.25) is 0 Å². The molecule has 0 spiro atoms. The van der Waals surface area contributed by atoms with Crippen LogP contribution in [0.5, 0.6) is 0 Å². The normalized spacial score (nSPS) is 16.4. The summed E-state index contributed by atoms with van der Waals surface area (Å²) >= 11 is 0. The molecule has 1 fully saturated rings. The summed E-state index contributed by atoms with van der Waals surface area (Å²) in [5.74, 6) is -0.950. The summed E-state index contributed by atoms with van der Waals surface area (Å²) in [5.41, 5.74) is 0.102. The van der Waals surface area contributed by atoms with Gasteiger partial charge in [-0.1, -0.05) is 12.1 Å². The van der Waals surface area contributed by atoms with E-state index in [0.717, 1.165) is 0 Å². The number of nitrogens with zero attached hydrogens (tertiary/aromatic N) is 4. The molecule has 1 unspecified atom stereocenters. The van der Waals surface area contributed by atoms with Crippen molar-refractivity contribution in [3.63, 3.8) is 0 Å². The number of amides is 1. The second kappa shape index (κ2) is 8.26. The average Bonchev–Trinajstić information content (AvgIpc) is 2.59. The number of hydrogen-bond donors (Lipinski definition) is 0. The topological polar surface area (TPSA) is 71.1 Å². The van der Waals surface area contributed by atoms with Crippen molar-refractivity contribution >= 4 is 5.91 Å². The molecule has 1 aromatic carbocycles. The maximum Gasteiger partial charge on any atom is 0.256 e. The lowest BCUT2D eigenvalue weighted by Crippen LogP contribution is -2.49. The van der Waals surface area contributed by atoms with E-state index < -0.39 is 5.82 Å². The van der Waals surface area contributed by atoms with Gasteiger partial charge >= 0.3 is 0 Å². The van der Waals surface area contributed by atoms with Crippen LogP contribution in [-0.2, 0) is 0 Å². The molecule has 2 rings (SSSR count). The molecule has 120 valence electrons. The van der Waals surface area contributed by atoms with E-state index in [9.17, 15) is 9.18 Å². The SMILES string of the molecule is N#CCCC(C#N)CN1CCN(C(=O)c2ccccc2F)CC1. The molecule has 1 aliphatic rings. The third-order valence-electron chi connectivity index (χ3n) is 4.03. The summed E-state index contributed by atoms with van der Waals surface area (Å²) in [6, 6.07) is 10.3. The molecule has 0 bridgehead atoms. The lowest BCUT2D eigenvalue weighted by Gasteiger charge is -2.35. The molecule has 0 radical (unpaired) electrons. The van der Waals surface area contributed by atoms with Gasteiger partial charge in [0.15, 0.2) is 0 Å². The van der Waals surface area contributed by atoms with Crippen molar-refractivity contribution in [3.8, 4) is 12.1 Å². The summed E-state index contributed by atoms with van der Waals surface area (Å²) in [5, 5.41) is 17.7. The minimum atomic E-state index is -0.499. The van der Waals surface area contributed by atoms with Gasteiger partial charge in [-0.05, 0) is 18.6 Å². The summed E-state index contributed by atoms with van der Waals surface area (Å²) < 4.78 is 13.7. The molecule has 6 heteroatoms. The number of hydrogen-bond acceptors (Lipinski definition) is 4. The first-order chi connectivity index (χ1) is 11.2. The van der Waals surface area contributed by atoms with Gasteiger partial charge in [-0.3, -0.25) is 9.69 Å². The average molecular weight is 314 g/mol. The van der Waals surface area contributed by atoms with Crippen molar-refractivity contribution in [1.29, 1.82) is 10.5 Å². The van der Waals surface area contributed by atoms with Crippen molar-refractivity contribution in [3.05, 3.63) is 35.6 Å². The number of carbonyl (C=O) groups is 1. The lowest BCUT2D eigenvalue weighted by atomic mass is 10.0. The zero-order valence-corrected chi connectivity index (χ0v) is 12.9. The highest BCUT2D eigenvalue weighted by atomic mass is 19.1. The summed E-state index contributed by atoms with van der Waals surface area (Å²) in [6.45, 7) is 2.96. The van der Waals surface area contributed by atoms with E-state index in [0.29, 0.717) is 45.6 Å². The largest absolute Gasteiger partial charge is 0.336 e. The quantitative estimate of drug-likeness (QED) is 0.833. The third kappa shape index (κ3) is 4.51. The Hall–Kier alpha value is -2.44. The fourth-order valence-corrected chi connectivity index (χ4v) is 2.69. The fraction of sp³-hybridized carbons (Fsp3) is 0.471. The maximum atomic E-state index is 13.7. The predicted octanol–water partition coefficient (Wildman–Crippen LogP) is 2.03. The number of rotatable bonds is 5. The number of halogens is 1. The monoisotopic (exact) mass is 314 g/mol. The second-order valence-corrected chi connectivity index (χ2v) is 5.60. The van der Waals surface area contributed by atoms with Crippen molar-refractivity contribution in [1.82, 2.24) is 9.80 Å². The Morgan fingerprint density at radius 3 is 2.52 bits per heavy atom. The van der Waals surface area contributed by atoms with Gasteiger partial charge in [0.25, 0.3) is 5.91 Å². The first kappa shape index (κ1) is 16.9. The van der Waals surface area contributed by atoms with E-state index in [1.807, 2.05) is 0 Å². The van der Waals surface area contributed by atoms with E-state index in [1.54, 1.807) is 17.0 Å². The Labute approximate surface area is 135 Å². The van der Waals surface area contributed by atoms with Crippen LogP contribution in [0.3, 0.4) is 0 Å². The molecule has 1 aliphatic heterocycles. The first-order valence-corrected chi connectivity index (χ1v) is 7.68. The van der Waals surface area contributed by atoms with Crippen LogP contribution in [0.1, 0.15) is 23.2 Å². The molecule has 1 aromatic rings. The molecular formula is C17H19FN4O. The standard InChI is InChI=1S/C17H19FN4O/c18-16-6-2-1-5-15(16)17(23)22-10-8-21(9-11-22)13-14(12-20)4-3-7-19/h1-2,5-6,14H,3-4,8-11,13H2. The van der Waals surface area contributed by atoms with Crippen LogP contribution in [0.15, 0.2) is 24.3 Å². The zero-order chi connectivity index (χ0) is 16.7. The van der Waals surface area contributed by atoms with Gasteiger partial charge < -0.3 is 4.90 Å². The van der Waals surface area contributed by atoms with Crippen LogP contribution in [0.4, 0.5) is 4.39 Å². The lowest BCUT2D eigenvalue weighted by molar-refractivity contribution is 0.0620. The van der Waals surface area contributed by atoms with Crippen LogP contribution >= 0.6 is 0 Å². The van der Waals surface area contributed by atoms with E-state index >= 15 is 0 Å². The maximum absolute atomic E-state index is 13.7. The van der Waals surface area contributed by atoms with Crippen LogP contribution in [-0.4, -0.2) is 48.4 Å². The molecule has 1 atom stereocenters. The second-order valence-electron chi connectivity index (χ2n) is 5.60. The van der Waals surface area contributed by atoms with Crippen molar-refractivity contribution < 1.29 is 9.18 Å². The Bertz CT molecular complexity index is 626. The molecule has 0 aromatic heterocycles. The zero-order valence-electron chi connectivity index (χ0n) is 12.9. The number of carbonyl (C=O) groups excluding carboxylic acids is 1. The van der Waals surface area contributed by atoms with Crippen molar-refractivity contribution in [2.24, 2.45) is 5.92 Å². The van der Waals surface area contributed by atoms with Gasteiger partial charge in [0.1, 0.15) is 5.82 Å². The van der Waals surface area contributed by atoms with Crippen LogP contribution in [0, 0.1) is 34.4 Å². The molecule has 23 heavy (non-hydrogen) atoms. The van der Waals surface area contributed by atoms with Gasteiger partial charge in [-0.25, -0.2) is 4.39 Å². The third-order valence-corrected chi connectivity index (χ3v) is 4.03. The summed E-state index contributed by atoms with van der Waals surface area (Å²) in [7, 11) is 0. The molecule has 0 aliphatic carbocycles. The Balaban J connectivity index is 1.87. The molecule has 1 amide bonds. The molecular weight excluding hydrogens is 295 g/mol. The minimum Gasteiger partial charge on any atom is -0.336 e. The fourth-order valence-electron chi connectivity index (χ4n) is 2.69. The number of nitriles is 2. The number of benzene rings is 1. The highest BCUT2D eigenvalue weighted by Crippen LogP contribution is 2.14. The predicted molar refractivity (Wildman–Crippen MR) is 82.7 cm³/mol. The number of piperazine rings is 1. The highest BCUT2D eigenvalue weighted by Gasteiger charge is 2.25. The van der Waals surface area contributed by atoms with E-state index in [2.05, 4.69) is 17.0 Å². The van der Waals surface area contributed by atoms with E-state index in [4.69, 9.17) is 10.5 Å². The van der Waals surface area contributed by atoms with Gasteiger partial charge in [-0.2, -0.15) is 10.5 Å². The van der Waals surface area contributed by atoms with Crippen molar-refractivity contribution in [2.45, 2.75) is 12.8 Å². The molecule has 1 saturated heterocycles. The van der Waals surface area contributed by atoms with Gasteiger partial charge in [0, 0.05) is 39.1 Å². The first-order valence-electron chi connectivity index (χ1n) is 7.68. The van der Waals surface area contributed by atoms with Crippen LogP contribution in [0.25, 0.3) is 0 Å². The van der Waals surface area contributed by atoms with Crippen molar-refractivity contribution in [2.75, 3.05) is 32.7 Å². The minimum absolute atomic E-state index is 0.102. The molecule has 0 saturated carbocycles. The van der Waals surface area contributed by atoms with E-state index in [-0.39, 0.29) is 17.4 Å². The van der Waals surface area contributed by atoms with Gasteiger partial charge in [-0.15, -0.1) is 0 Å². The Morgan fingerprint density at radius 1 is 1.22 bits per heavy atom.